The number of aliphatic imine (C=N–C) groups is 1. The molecule has 0 amide bonds. The van der Waals surface area contributed by atoms with E-state index in [4.69, 9.17) is 5.14 Å². The molecule has 0 radical (unpaired) electrons. The predicted molar refractivity (Wildman–Crippen MR) is 82.6 cm³/mol. The molecule has 0 saturated carbocycles. The summed E-state index contributed by atoms with van der Waals surface area (Å²) in [6, 6.07) is 7.63. The second kappa shape index (κ2) is 6.06. The van der Waals surface area contributed by atoms with Crippen LogP contribution in [-0.2, 0) is 10.0 Å². The number of rotatable bonds is 5. The maximum atomic E-state index is 11.2. The highest BCUT2D eigenvalue weighted by molar-refractivity contribution is 7.89. The van der Waals surface area contributed by atoms with E-state index in [2.05, 4.69) is 20.3 Å². The minimum atomic E-state index is -3.81. The van der Waals surface area contributed by atoms with Crippen molar-refractivity contribution in [2.24, 2.45) is 10.1 Å². The Morgan fingerprint density at radius 3 is 2.52 bits per heavy atom. The Kier molecular flexibility index (Phi) is 4.39. The van der Waals surface area contributed by atoms with Crippen LogP contribution < -0.4 is 10.5 Å². The van der Waals surface area contributed by atoms with Gasteiger partial charge in [-0.2, -0.15) is 0 Å². The van der Waals surface area contributed by atoms with E-state index in [9.17, 15) is 8.42 Å². The maximum Gasteiger partial charge on any atom is 0.271 e. The fourth-order valence-electron chi connectivity index (χ4n) is 1.60. The number of aromatic nitrogens is 2. The van der Waals surface area contributed by atoms with E-state index in [1.807, 2.05) is 38.1 Å². The van der Waals surface area contributed by atoms with Gasteiger partial charge in [0.25, 0.3) is 10.0 Å². The number of sulfonamides is 1. The van der Waals surface area contributed by atoms with E-state index in [1.165, 1.54) is 6.20 Å². The van der Waals surface area contributed by atoms with E-state index in [0.717, 1.165) is 11.3 Å². The topological polar surface area (TPSA) is 113 Å². The molecule has 8 heteroatoms. The zero-order valence-electron chi connectivity index (χ0n) is 11.7. The van der Waals surface area contributed by atoms with Crippen LogP contribution >= 0.6 is 0 Å². The second-order valence-electron chi connectivity index (χ2n) is 4.74. The van der Waals surface area contributed by atoms with E-state index < -0.39 is 10.0 Å². The number of aromatic amines is 1. The molecule has 0 aliphatic heterocycles. The molecule has 0 fully saturated rings. The highest BCUT2D eigenvalue weighted by atomic mass is 32.2. The summed E-state index contributed by atoms with van der Waals surface area (Å²) in [6.07, 6.45) is 3.08. The molecule has 1 aromatic heterocycles. The van der Waals surface area contributed by atoms with Crippen LogP contribution in [0.4, 0.5) is 5.69 Å². The second-order valence-corrected chi connectivity index (χ2v) is 6.22. The summed E-state index contributed by atoms with van der Waals surface area (Å²) >= 11 is 0. The number of benzene rings is 1. The molecule has 2 aromatic rings. The molecule has 0 saturated heterocycles. The summed E-state index contributed by atoms with van der Waals surface area (Å²) in [5.41, 5.74) is 2.28. The van der Waals surface area contributed by atoms with Gasteiger partial charge < -0.3 is 10.3 Å². The average molecular weight is 307 g/mol. The lowest BCUT2D eigenvalue weighted by molar-refractivity contribution is 0.590. The van der Waals surface area contributed by atoms with Gasteiger partial charge in [0, 0.05) is 11.7 Å². The van der Waals surface area contributed by atoms with Crippen LogP contribution in [0.5, 0.6) is 0 Å². The molecule has 21 heavy (non-hydrogen) atoms. The molecule has 0 aliphatic rings. The SMILES string of the molecule is CC(C)N=CNc1ccc(-c2cnc(S(N)(=O)=O)[nH]2)cc1. The highest BCUT2D eigenvalue weighted by Crippen LogP contribution is 2.20. The van der Waals surface area contributed by atoms with Gasteiger partial charge in [0.05, 0.1) is 18.2 Å². The summed E-state index contributed by atoms with van der Waals surface area (Å²) in [7, 11) is -3.81. The molecule has 1 aromatic carbocycles. The molecule has 112 valence electrons. The lowest BCUT2D eigenvalue weighted by Crippen LogP contribution is -2.13. The zero-order valence-corrected chi connectivity index (χ0v) is 12.6. The Bertz CT molecular complexity index is 732. The van der Waals surface area contributed by atoms with E-state index >= 15 is 0 Å². The number of primary sulfonamides is 1. The summed E-state index contributed by atoms with van der Waals surface area (Å²) in [4.78, 5) is 10.6. The third-order valence-corrected chi connectivity index (χ3v) is 3.37. The molecule has 0 aliphatic carbocycles. The van der Waals surface area contributed by atoms with Crippen LogP contribution in [0.1, 0.15) is 13.8 Å². The van der Waals surface area contributed by atoms with Gasteiger partial charge in [-0.1, -0.05) is 12.1 Å². The largest absolute Gasteiger partial charge is 0.347 e. The first-order valence-corrected chi connectivity index (χ1v) is 7.87. The quantitative estimate of drug-likeness (QED) is 0.574. The fourth-order valence-corrected chi connectivity index (χ4v) is 2.05. The van der Waals surface area contributed by atoms with Crippen LogP contribution in [-0.4, -0.2) is 30.8 Å². The van der Waals surface area contributed by atoms with Crippen molar-refractivity contribution < 1.29 is 8.42 Å². The number of nitrogens with one attached hydrogen (secondary N) is 2. The maximum absolute atomic E-state index is 11.2. The van der Waals surface area contributed by atoms with Crippen LogP contribution in [0.3, 0.4) is 0 Å². The van der Waals surface area contributed by atoms with Crippen molar-refractivity contribution >= 4 is 22.0 Å². The molecule has 0 spiro atoms. The van der Waals surface area contributed by atoms with Gasteiger partial charge in [0.1, 0.15) is 0 Å². The van der Waals surface area contributed by atoms with Crippen molar-refractivity contribution in [3.8, 4) is 11.3 Å². The Labute approximate surface area is 123 Å². The number of H-pyrrole nitrogens is 1. The fraction of sp³-hybridized carbons (Fsp3) is 0.231. The Morgan fingerprint density at radius 2 is 2.00 bits per heavy atom. The van der Waals surface area contributed by atoms with E-state index in [-0.39, 0.29) is 11.2 Å². The molecule has 7 nitrogen and oxygen atoms in total. The van der Waals surface area contributed by atoms with Gasteiger partial charge in [-0.15, -0.1) is 0 Å². The first-order valence-electron chi connectivity index (χ1n) is 6.32. The van der Waals surface area contributed by atoms with Crippen LogP contribution in [0.15, 0.2) is 40.6 Å². The van der Waals surface area contributed by atoms with E-state index in [1.54, 1.807) is 6.34 Å². The number of imidazole rings is 1. The number of hydrogen-bond acceptors (Lipinski definition) is 4. The van der Waals surface area contributed by atoms with Crippen molar-refractivity contribution in [3.63, 3.8) is 0 Å². The Morgan fingerprint density at radius 1 is 1.33 bits per heavy atom. The smallest absolute Gasteiger partial charge is 0.271 e. The van der Waals surface area contributed by atoms with Crippen LogP contribution in [0.25, 0.3) is 11.3 Å². The first-order chi connectivity index (χ1) is 9.86. The van der Waals surface area contributed by atoms with Crippen molar-refractivity contribution in [2.75, 3.05) is 5.32 Å². The standard InChI is InChI=1S/C13H17N5O2S/c1-9(2)16-8-17-11-5-3-10(4-6-11)12-7-15-13(18-12)21(14,19)20/h3-9H,1-2H3,(H,15,18)(H,16,17)(H2,14,19,20). The molecule has 1 heterocycles. The third-order valence-electron chi connectivity index (χ3n) is 2.62. The summed E-state index contributed by atoms with van der Waals surface area (Å²) < 4.78 is 22.3. The molecule has 0 bridgehead atoms. The van der Waals surface area contributed by atoms with Gasteiger partial charge in [-0.3, -0.25) is 4.99 Å². The van der Waals surface area contributed by atoms with Crippen LogP contribution in [0, 0.1) is 0 Å². The summed E-state index contributed by atoms with van der Waals surface area (Å²) in [5.74, 6) is 0. The number of hydrogen-bond donors (Lipinski definition) is 3. The van der Waals surface area contributed by atoms with Gasteiger partial charge in [-0.05, 0) is 31.5 Å². The molecule has 4 N–H and O–H groups in total. The van der Waals surface area contributed by atoms with Crippen molar-refractivity contribution in [1.29, 1.82) is 0 Å². The van der Waals surface area contributed by atoms with Crippen molar-refractivity contribution in [3.05, 3.63) is 30.5 Å². The first kappa shape index (κ1) is 15.2. The number of anilines is 1. The van der Waals surface area contributed by atoms with Gasteiger partial charge in [-0.25, -0.2) is 18.5 Å². The molecule has 2 rings (SSSR count). The summed E-state index contributed by atoms with van der Waals surface area (Å²) in [5, 5.41) is 7.81. The third kappa shape index (κ3) is 4.14. The average Bonchev–Trinajstić information content (AvgIpc) is 2.88. The minimum Gasteiger partial charge on any atom is -0.347 e. The minimum absolute atomic E-state index is 0.235. The van der Waals surface area contributed by atoms with Gasteiger partial charge >= 0.3 is 0 Å². The molecule has 0 unspecified atom stereocenters. The lowest BCUT2D eigenvalue weighted by atomic mass is 10.1. The van der Waals surface area contributed by atoms with E-state index in [0.29, 0.717) is 5.69 Å². The normalized spacial score (nSPS) is 12.2. The lowest BCUT2D eigenvalue weighted by Gasteiger charge is -2.03. The monoisotopic (exact) mass is 307 g/mol. The van der Waals surface area contributed by atoms with Crippen LogP contribution in [0.2, 0.25) is 0 Å². The molecular weight excluding hydrogens is 290 g/mol. The van der Waals surface area contributed by atoms with Gasteiger partial charge in [0.15, 0.2) is 0 Å². The summed E-state index contributed by atoms with van der Waals surface area (Å²) in [6.45, 7) is 3.98. The van der Waals surface area contributed by atoms with Crippen molar-refractivity contribution in [1.82, 2.24) is 9.97 Å². The number of nitrogens with zero attached hydrogens (tertiary/aromatic N) is 2. The Balaban J connectivity index is 2.14. The van der Waals surface area contributed by atoms with Gasteiger partial charge in [0.2, 0.25) is 5.16 Å². The predicted octanol–water partition coefficient (Wildman–Crippen LogP) is 1.57. The molecule has 0 atom stereocenters. The van der Waals surface area contributed by atoms with Crippen molar-refractivity contribution in [2.45, 2.75) is 25.0 Å². The highest BCUT2D eigenvalue weighted by Gasteiger charge is 2.12. The molecular formula is C13H17N5O2S. The number of nitrogens with two attached hydrogens (primary N) is 1. The zero-order chi connectivity index (χ0) is 15.5. The Hall–Kier alpha value is -2.19.